The summed E-state index contributed by atoms with van der Waals surface area (Å²) in [5.41, 5.74) is 14.0. The number of hydrogen-bond acceptors (Lipinski definition) is 20. The van der Waals surface area contributed by atoms with Gasteiger partial charge in [0.15, 0.2) is 0 Å². The molecule has 0 aliphatic rings. The van der Waals surface area contributed by atoms with E-state index in [1.54, 1.807) is 84.1 Å². The van der Waals surface area contributed by atoms with Gasteiger partial charge < -0.3 is 26.4 Å². The number of thioether (sulfide) groups is 3. The van der Waals surface area contributed by atoms with Gasteiger partial charge in [0.1, 0.15) is 29.8 Å². The van der Waals surface area contributed by atoms with E-state index in [1.807, 2.05) is 66.7 Å². The Balaban J connectivity index is 0.000000188. The maximum Gasteiger partial charge on any atom is 0.489 e. The van der Waals surface area contributed by atoms with Crippen LogP contribution < -0.4 is 21.8 Å². The third-order valence-corrected chi connectivity index (χ3v) is 15.5. The van der Waals surface area contributed by atoms with Crippen molar-refractivity contribution in [1.29, 1.82) is 15.8 Å². The maximum atomic E-state index is 12.0. The molecule has 448 valence electrons. The van der Waals surface area contributed by atoms with Crippen molar-refractivity contribution in [2.45, 2.75) is 91.2 Å². The number of benzene rings is 5. The number of nitriles is 3. The average Bonchev–Trinajstić information content (AvgIpc) is 2.14. The van der Waals surface area contributed by atoms with Crippen molar-refractivity contribution < 1.29 is 14.4 Å². The summed E-state index contributed by atoms with van der Waals surface area (Å²) in [6.07, 6.45) is 4.32. The highest BCUT2D eigenvalue weighted by Crippen LogP contribution is 2.42. The Morgan fingerprint density at radius 2 is 0.955 bits per heavy atom. The first kappa shape index (κ1) is 68.6. The minimum Gasteiger partial charge on any atom is -0.423 e. The minimum absolute atomic E-state index is 0.0403. The number of nitrogens with two attached hydrogens (primary N) is 1. The van der Waals surface area contributed by atoms with Crippen LogP contribution in [0.2, 0.25) is 0 Å². The highest BCUT2D eigenvalue weighted by molar-refractivity contribution is 9.10. The zero-order valence-corrected chi connectivity index (χ0v) is 54.9. The molecule has 26 heteroatoms. The first-order chi connectivity index (χ1) is 41.8. The zero-order chi connectivity index (χ0) is 64.0. The molecule has 0 saturated carbocycles. The molecule has 19 nitrogen and oxygen atoms in total. The number of nitrogen functional groups attached to an aromatic ring is 1. The number of aromatic amines is 2. The second-order valence-electron chi connectivity index (χ2n) is 21.5. The predicted octanol–water partition coefficient (Wildman–Crippen LogP) is 14.3. The van der Waals surface area contributed by atoms with Crippen LogP contribution in [0.5, 0.6) is 0 Å². The van der Waals surface area contributed by atoms with Crippen molar-refractivity contribution in [2.75, 3.05) is 16.4 Å². The molecule has 10 aromatic rings. The Labute approximate surface area is 540 Å². The molecule has 0 aliphatic heterocycles. The fourth-order valence-electron chi connectivity index (χ4n) is 7.37. The Morgan fingerprint density at radius 1 is 0.523 bits per heavy atom. The Kier molecular flexibility index (Phi) is 25.3. The molecule has 0 bridgehead atoms. The van der Waals surface area contributed by atoms with E-state index in [9.17, 15) is 4.39 Å². The van der Waals surface area contributed by atoms with Gasteiger partial charge in [0.2, 0.25) is 17.6 Å². The van der Waals surface area contributed by atoms with E-state index in [-0.39, 0.29) is 14.2 Å². The quantitative estimate of drug-likeness (QED) is 0.0274. The lowest BCUT2D eigenvalue weighted by Crippen LogP contribution is -2.31. The summed E-state index contributed by atoms with van der Waals surface area (Å²) in [7, 11) is -1.54. The van der Waals surface area contributed by atoms with E-state index in [1.165, 1.54) is 12.3 Å². The molecule has 10 rings (SSSR count). The number of anilines is 5. The fourth-order valence-corrected chi connectivity index (χ4v) is 11.1. The topological polar surface area (TPSA) is 309 Å². The van der Waals surface area contributed by atoms with E-state index in [2.05, 4.69) is 203 Å². The second-order valence-corrected chi connectivity index (χ2v) is 28.9. The minimum atomic E-state index is -1.54. The third-order valence-electron chi connectivity index (χ3n) is 11.0. The van der Waals surface area contributed by atoms with Crippen LogP contribution in [0.1, 0.15) is 79.0 Å². The fraction of sp³-hybridized carbons (Fsp3) is 0.194. The molecule has 0 unspecified atom stereocenters. The van der Waals surface area contributed by atoms with E-state index < -0.39 is 13.1 Å². The van der Waals surface area contributed by atoms with Crippen LogP contribution >= 0.6 is 67.1 Å². The summed E-state index contributed by atoms with van der Waals surface area (Å²) in [6, 6.07) is 48.9. The summed E-state index contributed by atoms with van der Waals surface area (Å²) in [6.45, 7) is 19.6. The van der Waals surface area contributed by atoms with Crippen LogP contribution in [0.3, 0.4) is 0 Å². The molecular weight excluding hydrogens is 1300 g/mol. The number of nitrogens with zero attached hydrogens (tertiary/aromatic N) is 12. The second kappa shape index (κ2) is 32.5. The zero-order valence-electron chi connectivity index (χ0n) is 49.3. The lowest BCUT2D eigenvalue weighted by atomic mass is 9.77. The number of H-pyrrole nitrogens is 2. The van der Waals surface area contributed by atoms with Gasteiger partial charge in [-0.3, -0.25) is 0 Å². The summed E-state index contributed by atoms with van der Waals surface area (Å²) in [4.78, 5) is 15.3. The van der Waals surface area contributed by atoms with Crippen molar-refractivity contribution in [1.82, 2.24) is 56.2 Å². The molecule has 88 heavy (non-hydrogen) atoms. The molecule has 5 aromatic heterocycles. The predicted molar refractivity (Wildman–Crippen MR) is 357 cm³/mol. The average molecular weight is 1360 g/mol. The van der Waals surface area contributed by atoms with Gasteiger partial charge in [0.25, 0.3) is 0 Å². The van der Waals surface area contributed by atoms with E-state index in [4.69, 9.17) is 31.6 Å². The Hall–Kier alpha value is -8.52. The van der Waals surface area contributed by atoms with Crippen LogP contribution in [0, 0.1) is 39.9 Å². The van der Waals surface area contributed by atoms with Gasteiger partial charge in [0, 0.05) is 73.3 Å². The molecule has 0 spiro atoms. The summed E-state index contributed by atoms with van der Waals surface area (Å²) < 4.78 is 14.4. The number of pyridine rings is 3. The number of tetrazole rings is 2. The van der Waals surface area contributed by atoms with Gasteiger partial charge in [-0.05, 0) is 112 Å². The molecule has 0 radical (unpaired) electrons. The van der Waals surface area contributed by atoms with Gasteiger partial charge in [-0.1, -0.05) is 149 Å². The summed E-state index contributed by atoms with van der Waals surface area (Å²) in [5.74, 6) is 1.73. The van der Waals surface area contributed by atoms with Gasteiger partial charge in [-0.2, -0.15) is 30.6 Å². The summed E-state index contributed by atoms with van der Waals surface area (Å²) in [5, 5.41) is 78.6. The van der Waals surface area contributed by atoms with Crippen molar-refractivity contribution in [3.05, 3.63) is 190 Å². The molecule has 0 fully saturated rings. The molecule has 8 N–H and O–H groups in total. The summed E-state index contributed by atoms with van der Waals surface area (Å²) >= 11 is 12.3. The van der Waals surface area contributed by atoms with Crippen LogP contribution in [0.15, 0.2) is 182 Å². The van der Waals surface area contributed by atoms with Crippen molar-refractivity contribution >= 4 is 108 Å². The SMILES string of the molecule is CC(C)(C)Sc1ccc(-c2ccccc2-c2nn[nH]n2)cc1Nc1ccc(C#N)cn1.CC(C)(C)Sc1ccc(Br)cc1N.CC(C)(C)Sc1ccc(Br)cc1Nc1ccc(C#N)cn1.N#Cc1ccc(F)nc1.OB(O)c1ccccc1-c1nn[nH]n1. The standard InChI is InChI=1S/C23H21N7S.C16H16BrN3S.C10H14BrNS.C7H7BN4O2.C6H3FN2/c1-23(2,3)31-20-10-9-16(12-19(20)26-21-11-8-15(13-24)14-25-21)17-6-4-5-7-18(17)22-27-29-30-28-22;1-16(2,3)21-14-6-5-12(17)8-13(14)20-15-7-4-11(9-18)10-19-15;1-10(2,3)13-9-5-4-7(11)6-8(9)12;13-8(14)6-4-2-1-3-5(6)7-9-11-12-10-7;7-6-2-1-5(3-8)4-9-6/h4-12,14H,1-3H3,(H,25,26)(H,27,28,29,30);4-8,10H,1-3H3,(H,19,20);4-6H,12H2,1-3H3;1-4,13-14H,(H,9,10,11,12);1-2,4H. The molecule has 5 aromatic carbocycles. The van der Waals surface area contributed by atoms with Crippen molar-refractivity contribution in [3.63, 3.8) is 0 Å². The molecule has 0 amide bonds. The van der Waals surface area contributed by atoms with Gasteiger partial charge in [-0.25, -0.2) is 15.0 Å². The van der Waals surface area contributed by atoms with E-state index in [0.717, 1.165) is 69.3 Å². The third kappa shape index (κ3) is 22.6. The molecule has 5 heterocycles. The highest BCUT2D eigenvalue weighted by Gasteiger charge is 2.21. The van der Waals surface area contributed by atoms with Crippen LogP contribution in [-0.4, -0.2) is 87.6 Å². The molecule has 0 saturated heterocycles. The molecule has 0 atom stereocenters. The monoisotopic (exact) mass is 1360 g/mol. The van der Waals surface area contributed by atoms with E-state index in [0.29, 0.717) is 45.2 Å². The molecular formula is C62H61BBr2FN17O2S3. The lowest BCUT2D eigenvalue weighted by molar-refractivity contribution is 0.426. The number of aromatic nitrogens is 11. The number of rotatable bonds is 11. The maximum absolute atomic E-state index is 12.0. The smallest absolute Gasteiger partial charge is 0.423 e. The van der Waals surface area contributed by atoms with Gasteiger partial charge >= 0.3 is 7.12 Å². The number of nitrogens with one attached hydrogen (secondary N) is 4. The first-order valence-electron chi connectivity index (χ1n) is 26.7. The number of hydrogen-bond donors (Lipinski definition) is 7. The van der Waals surface area contributed by atoms with Gasteiger partial charge in [0.05, 0.1) is 28.1 Å². The van der Waals surface area contributed by atoms with E-state index >= 15 is 0 Å². The first-order valence-corrected chi connectivity index (χ1v) is 30.7. The van der Waals surface area contributed by atoms with Crippen LogP contribution in [0.25, 0.3) is 33.9 Å². The normalized spacial score (nSPS) is 10.8. The Morgan fingerprint density at radius 3 is 1.40 bits per heavy atom. The van der Waals surface area contributed by atoms with Crippen LogP contribution in [0.4, 0.5) is 33.1 Å². The highest BCUT2D eigenvalue weighted by atomic mass is 79.9. The molecule has 0 aliphatic carbocycles. The Bertz CT molecular complexity index is 3980. The largest absolute Gasteiger partial charge is 0.489 e. The number of halogens is 3. The lowest BCUT2D eigenvalue weighted by Gasteiger charge is -2.21. The van der Waals surface area contributed by atoms with Crippen molar-refractivity contribution in [3.8, 4) is 52.1 Å². The van der Waals surface area contributed by atoms with Crippen molar-refractivity contribution in [2.24, 2.45) is 0 Å². The van der Waals surface area contributed by atoms with Gasteiger partial charge in [-0.15, -0.1) is 55.7 Å². The van der Waals surface area contributed by atoms with Crippen LogP contribution in [-0.2, 0) is 0 Å².